The van der Waals surface area contributed by atoms with Crippen LogP contribution in [0.5, 0.6) is 11.5 Å². The molecule has 1 aliphatic rings. The highest BCUT2D eigenvalue weighted by atomic mass is 16.5. The second kappa shape index (κ2) is 9.45. The van der Waals surface area contributed by atoms with E-state index < -0.39 is 5.91 Å². The first kappa shape index (κ1) is 22.5. The Labute approximate surface area is 194 Å². The first-order chi connectivity index (χ1) is 15.8. The van der Waals surface area contributed by atoms with Crippen LogP contribution in [0.25, 0.3) is 0 Å². The van der Waals surface area contributed by atoms with Gasteiger partial charge in [-0.25, -0.2) is 4.98 Å². The molecule has 6 nitrogen and oxygen atoms in total. The molecule has 3 aromatic rings. The number of rotatable bonds is 6. The summed E-state index contributed by atoms with van der Waals surface area (Å²) in [7, 11) is 0. The van der Waals surface area contributed by atoms with E-state index >= 15 is 0 Å². The third-order valence-corrected chi connectivity index (χ3v) is 6.08. The summed E-state index contributed by atoms with van der Waals surface area (Å²) in [4.78, 5) is 31.3. The normalized spacial score (nSPS) is 15.6. The van der Waals surface area contributed by atoms with E-state index in [0.717, 1.165) is 29.0 Å². The van der Waals surface area contributed by atoms with Gasteiger partial charge in [0.2, 0.25) is 5.91 Å². The lowest BCUT2D eigenvalue weighted by Gasteiger charge is -2.19. The Bertz CT molecular complexity index is 1190. The molecule has 2 amide bonds. The topological polar surface area (TPSA) is 85.5 Å². The number of ether oxygens (including phenoxy) is 1. The third kappa shape index (κ3) is 4.90. The van der Waals surface area contributed by atoms with Crippen molar-refractivity contribution in [2.75, 3.05) is 13.1 Å². The van der Waals surface area contributed by atoms with Gasteiger partial charge in [-0.2, -0.15) is 0 Å². The number of carbonyl (C=O) groups excluding carboxylic acids is 2. The van der Waals surface area contributed by atoms with E-state index in [1.165, 1.54) is 0 Å². The van der Waals surface area contributed by atoms with Crippen molar-refractivity contribution in [2.45, 2.75) is 39.0 Å². The number of para-hydroxylation sites is 1. The first-order valence-electron chi connectivity index (χ1n) is 11.3. The smallest absolute Gasteiger partial charge is 0.272 e. The molecule has 2 heterocycles. The summed E-state index contributed by atoms with van der Waals surface area (Å²) in [5.41, 5.74) is 9.36. The zero-order chi connectivity index (χ0) is 23.5. The number of hydrogen-bond donors (Lipinski definition) is 1. The van der Waals surface area contributed by atoms with E-state index in [1.807, 2.05) is 55.5 Å². The van der Waals surface area contributed by atoms with Crippen LogP contribution in [0.3, 0.4) is 0 Å². The molecular formula is C27H29N3O3. The highest BCUT2D eigenvalue weighted by molar-refractivity contribution is 5.95. The molecule has 0 bridgehead atoms. The molecule has 33 heavy (non-hydrogen) atoms. The Morgan fingerprint density at radius 1 is 1.09 bits per heavy atom. The number of likely N-dealkylation sites (tertiary alicyclic amines) is 1. The van der Waals surface area contributed by atoms with Crippen molar-refractivity contribution in [1.29, 1.82) is 0 Å². The molecule has 1 atom stereocenters. The van der Waals surface area contributed by atoms with E-state index in [2.05, 4.69) is 18.8 Å². The maximum atomic E-state index is 12.9. The van der Waals surface area contributed by atoms with Gasteiger partial charge >= 0.3 is 0 Å². The number of benzene rings is 2. The Morgan fingerprint density at radius 3 is 2.61 bits per heavy atom. The fourth-order valence-corrected chi connectivity index (χ4v) is 4.37. The van der Waals surface area contributed by atoms with E-state index in [-0.39, 0.29) is 11.8 Å². The molecule has 2 aromatic carbocycles. The van der Waals surface area contributed by atoms with E-state index in [9.17, 15) is 9.59 Å². The highest BCUT2D eigenvalue weighted by Gasteiger charge is 2.31. The minimum Gasteiger partial charge on any atom is -0.457 e. The van der Waals surface area contributed by atoms with Crippen LogP contribution in [0.1, 0.15) is 69.8 Å². The summed E-state index contributed by atoms with van der Waals surface area (Å²) in [5, 5.41) is 0. The largest absolute Gasteiger partial charge is 0.457 e. The summed E-state index contributed by atoms with van der Waals surface area (Å²) >= 11 is 0. The van der Waals surface area contributed by atoms with Crippen LogP contribution < -0.4 is 10.5 Å². The predicted octanol–water partition coefficient (Wildman–Crippen LogP) is 5.03. The molecule has 1 unspecified atom stereocenters. The number of nitrogens with two attached hydrogens (primary N) is 1. The number of aromatic nitrogens is 1. The van der Waals surface area contributed by atoms with Crippen molar-refractivity contribution in [3.05, 3.63) is 88.7 Å². The van der Waals surface area contributed by atoms with Crippen molar-refractivity contribution >= 4 is 11.8 Å². The van der Waals surface area contributed by atoms with Crippen molar-refractivity contribution in [2.24, 2.45) is 5.73 Å². The van der Waals surface area contributed by atoms with Crippen LogP contribution in [0.4, 0.5) is 0 Å². The Hall–Kier alpha value is -3.67. The minimum atomic E-state index is -0.502. The van der Waals surface area contributed by atoms with Gasteiger partial charge in [0, 0.05) is 30.3 Å². The molecule has 0 saturated carbocycles. The maximum Gasteiger partial charge on any atom is 0.272 e. The van der Waals surface area contributed by atoms with Gasteiger partial charge in [0.25, 0.3) is 5.91 Å². The lowest BCUT2D eigenvalue weighted by molar-refractivity contribution is 0.0784. The predicted molar refractivity (Wildman–Crippen MR) is 128 cm³/mol. The quantitative estimate of drug-likeness (QED) is 0.579. The number of hydrogen-bond acceptors (Lipinski definition) is 4. The number of pyridine rings is 1. The summed E-state index contributed by atoms with van der Waals surface area (Å²) < 4.78 is 6.13. The molecule has 1 saturated heterocycles. The molecule has 2 N–H and O–H groups in total. The summed E-state index contributed by atoms with van der Waals surface area (Å²) in [6.07, 6.45) is 0.758. The van der Waals surface area contributed by atoms with E-state index in [1.54, 1.807) is 17.0 Å². The van der Waals surface area contributed by atoms with E-state index in [0.29, 0.717) is 36.0 Å². The fraction of sp³-hybridized carbons (Fsp3) is 0.296. The molecule has 0 aliphatic carbocycles. The van der Waals surface area contributed by atoms with Gasteiger partial charge < -0.3 is 15.4 Å². The second-order valence-corrected chi connectivity index (χ2v) is 8.81. The number of nitrogens with zero attached hydrogens (tertiary/aromatic N) is 2. The van der Waals surface area contributed by atoms with Crippen molar-refractivity contribution in [3.63, 3.8) is 0 Å². The molecular weight excluding hydrogens is 414 g/mol. The average Bonchev–Trinajstić information content (AvgIpc) is 3.29. The molecule has 1 fully saturated rings. The summed E-state index contributed by atoms with van der Waals surface area (Å²) in [6, 6.07) is 18.8. The number of aryl methyl sites for hydroxylation is 1. The molecule has 4 rings (SSSR count). The third-order valence-electron chi connectivity index (χ3n) is 6.08. The van der Waals surface area contributed by atoms with Crippen LogP contribution in [0.2, 0.25) is 0 Å². The molecule has 0 radical (unpaired) electrons. The average molecular weight is 444 g/mol. The number of amides is 2. The zero-order valence-electron chi connectivity index (χ0n) is 19.2. The number of carbonyl (C=O) groups is 2. The second-order valence-electron chi connectivity index (χ2n) is 8.81. The van der Waals surface area contributed by atoms with Crippen molar-refractivity contribution in [1.82, 2.24) is 9.88 Å². The molecule has 1 aromatic heterocycles. The molecule has 0 spiro atoms. The molecule has 170 valence electrons. The van der Waals surface area contributed by atoms with Gasteiger partial charge in [-0.15, -0.1) is 0 Å². The number of primary amides is 1. The fourth-order valence-electron chi connectivity index (χ4n) is 4.37. The van der Waals surface area contributed by atoms with Gasteiger partial charge in [-0.3, -0.25) is 9.59 Å². The van der Waals surface area contributed by atoms with E-state index in [4.69, 9.17) is 10.5 Å². The van der Waals surface area contributed by atoms with Crippen molar-refractivity contribution < 1.29 is 14.3 Å². The van der Waals surface area contributed by atoms with Gasteiger partial charge in [0.1, 0.15) is 17.2 Å². The molecule has 6 heteroatoms. The van der Waals surface area contributed by atoms with Gasteiger partial charge in [-0.05, 0) is 60.7 Å². The summed E-state index contributed by atoms with van der Waals surface area (Å²) in [6.45, 7) is 7.22. The highest BCUT2D eigenvalue weighted by Crippen LogP contribution is 2.35. The Balaban J connectivity index is 1.55. The zero-order valence-corrected chi connectivity index (χ0v) is 19.2. The Kier molecular flexibility index (Phi) is 6.45. The van der Waals surface area contributed by atoms with Crippen LogP contribution in [-0.2, 0) is 0 Å². The van der Waals surface area contributed by atoms with Crippen LogP contribution in [0.15, 0.2) is 60.7 Å². The van der Waals surface area contributed by atoms with Gasteiger partial charge in [-0.1, -0.05) is 44.2 Å². The van der Waals surface area contributed by atoms with Gasteiger partial charge in [0.15, 0.2) is 0 Å². The van der Waals surface area contributed by atoms with Crippen LogP contribution in [-0.4, -0.2) is 34.8 Å². The lowest BCUT2D eigenvalue weighted by atomic mass is 9.93. The Morgan fingerprint density at radius 2 is 1.88 bits per heavy atom. The van der Waals surface area contributed by atoms with Crippen LogP contribution in [0, 0.1) is 6.92 Å². The van der Waals surface area contributed by atoms with Crippen LogP contribution >= 0.6 is 0 Å². The standard InChI is InChI=1S/C27H29N3O3/c1-17(2)21-8-4-5-10-25(21)33-20-11-12-22(23(15-20)26(28)31)19-13-14-30(16-19)27(32)24-9-6-7-18(3)29-24/h4-12,15,17,19H,13-14,16H2,1-3H3,(H2,28,31). The SMILES string of the molecule is Cc1cccc(C(=O)N2CCC(c3ccc(Oc4ccccc4C(C)C)cc3C(N)=O)C2)n1. The van der Waals surface area contributed by atoms with Crippen molar-refractivity contribution in [3.8, 4) is 11.5 Å². The summed E-state index contributed by atoms with van der Waals surface area (Å²) in [5.74, 6) is 1.07. The lowest BCUT2D eigenvalue weighted by Crippen LogP contribution is -2.29. The molecule has 1 aliphatic heterocycles. The monoisotopic (exact) mass is 443 g/mol. The van der Waals surface area contributed by atoms with Gasteiger partial charge in [0.05, 0.1) is 0 Å². The first-order valence-corrected chi connectivity index (χ1v) is 11.3. The maximum absolute atomic E-state index is 12.9. The minimum absolute atomic E-state index is 0.0262.